The predicted octanol–water partition coefficient (Wildman–Crippen LogP) is 4.99. The van der Waals surface area contributed by atoms with Gasteiger partial charge >= 0.3 is 0 Å². The first kappa shape index (κ1) is 26.6. The van der Waals surface area contributed by atoms with E-state index in [1.165, 1.54) is 24.1 Å². The lowest BCUT2D eigenvalue weighted by molar-refractivity contribution is 0.112. The Bertz CT molecular complexity index is 1340. The number of aliphatic hydroxyl groups is 1. The average molecular weight is 488 g/mol. The molecule has 2 N–H and O–H groups in total. The molecule has 4 rings (SSSR count). The Labute approximate surface area is 210 Å². The number of nitriles is 1. The van der Waals surface area contributed by atoms with E-state index in [1.807, 2.05) is 25.2 Å². The minimum absolute atomic E-state index is 0.0650. The third-order valence-corrected chi connectivity index (χ3v) is 5.94. The molecule has 7 heteroatoms. The van der Waals surface area contributed by atoms with Crippen LogP contribution in [0.5, 0.6) is 5.75 Å². The molecule has 0 aliphatic heterocycles. The van der Waals surface area contributed by atoms with Gasteiger partial charge < -0.3 is 19.7 Å². The molecule has 0 bridgehead atoms. The summed E-state index contributed by atoms with van der Waals surface area (Å²) in [6.07, 6.45) is 4.16. The second kappa shape index (κ2) is 13.2. The zero-order valence-corrected chi connectivity index (χ0v) is 20.4. The Morgan fingerprint density at radius 2 is 1.92 bits per heavy atom. The highest BCUT2D eigenvalue weighted by Gasteiger charge is 2.12. The number of carbonyl (C=O) groups excluding carboxylic acids is 1. The molecule has 6 nitrogen and oxygen atoms in total. The molecule has 0 saturated carbocycles. The van der Waals surface area contributed by atoms with Crippen LogP contribution in [0.15, 0.2) is 72.9 Å². The topological polar surface area (TPSA) is 87.3 Å². The summed E-state index contributed by atoms with van der Waals surface area (Å²) in [6, 6.07) is 22.2. The number of para-hydroxylation sites is 1. The van der Waals surface area contributed by atoms with Crippen LogP contribution in [0, 0.1) is 17.1 Å². The van der Waals surface area contributed by atoms with Crippen LogP contribution >= 0.6 is 0 Å². The highest BCUT2D eigenvalue weighted by Crippen LogP contribution is 2.26. The van der Waals surface area contributed by atoms with E-state index in [9.17, 15) is 14.3 Å². The van der Waals surface area contributed by atoms with Crippen molar-refractivity contribution in [3.63, 3.8) is 0 Å². The van der Waals surface area contributed by atoms with Crippen molar-refractivity contribution in [2.45, 2.75) is 25.4 Å². The number of carbonyl (C=O) groups is 1. The van der Waals surface area contributed by atoms with Gasteiger partial charge in [-0.2, -0.15) is 5.26 Å². The van der Waals surface area contributed by atoms with Crippen molar-refractivity contribution in [2.75, 3.05) is 20.8 Å². The Morgan fingerprint density at radius 1 is 1.14 bits per heavy atom. The fourth-order valence-corrected chi connectivity index (χ4v) is 4.00. The Balaban J connectivity index is 0.000000202. The van der Waals surface area contributed by atoms with Crippen LogP contribution < -0.4 is 10.1 Å². The number of aliphatic hydroxyl groups excluding tert-OH is 1. The smallest absolute Gasteiger partial charge is 0.165 e. The van der Waals surface area contributed by atoms with Crippen molar-refractivity contribution in [1.29, 1.82) is 5.26 Å². The zero-order valence-electron chi connectivity index (χ0n) is 20.4. The van der Waals surface area contributed by atoms with Gasteiger partial charge in [-0.25, -0.2) is 4.39 Å². The monoisotopic (exact) mass is 487 g/mol. The molecule has 1 aromatic heterocycles. The van der Waals surface area contributed by atoms with E-state index in [0.29, 0.717) is 24.1 Å². The van der Waals surface area contributed by atoms with Gasteiger partial charge in [-0.1, -0.05) is 42.5 Å². The molecule has 0 aliphatic carbocycles. The lowest BCUT2D eigenvalue weighted by Gasteiger charge is -2.11. The van der Waals surface area contributed by atoms with Crippen molar-refractivity contribution in [3.8, 4) is 22.9 Å². The van der Waals surface area contributed by atoms with Gasteiger partial charge in [0.1, 0.15) is 6.29 Å². The van der Waals surface area contributed by atoms with Crippen LogP contribution in [0.1, 0.15) is 22.3 Å². The first-order valence-corrected chi connectivity index (χ1v) is 11.7. The summed E-state index contributed by atoms with van der Waals surface area (Å²) in [7, 11) is 3.28. The number of hydrogen-bond acceptors (Lipinski definition) is 5. The van der Waals surface area contributed by atoms with Crippen molar-refractivity contribution in [3.05, 3.63) is 89.9 Å². The van der Waals surface area contributed by atoms with Gasteiger partial charge in [0.2, 0.25) is 0 Å². The van der Waals surface area contributed by atoms with Crippen LogP contribution in [-0.4, -0.2) is 42.8 Å². The fourth-order valence-electron chi connectivity index (χ4n) is 4.00. The number of aldehydes is 1. The summed E-state index contributed by atoms with van der Waals surface area (Å²) >= 11 is 0. The minimum Gasteiger partial charge on any atom is -0.494 e. The second-order valence-corrected chi connectivity index (χ2v) is 8.24. The number of aromatic nitrogens is 1. The number of aryl methyl sites for hydroxylation is 1. The number of methoxy groups -OCH3 is 1. The Kier molecular flexibility index (Phi) is 9.75. The van der Waals surface area contributed by atoms with Crippen molar-refractivity contribution >= 4 is 17.2 Å². The van der Waals surface area contributed by atoms with E-state index >= 15 is 0 Å². The third kappa shape index (κ3) is 6.57. The van der Waals surface area contributed by atoms with Gasteiger partial charge in [-0.15, -0.1) is 0 Å². The first-order valence-electron chi connectivity index (χ1n) is 11.7. The van der Waals surface area contributed by atoms with Crippen molar-refractivity contribution < 1.29 is 19.0 Å². The van der Waals surface area contributed by atoms with Gasteiger partial charge in [-0.05, 0) is 54.4 Å². The SMILES string of the molecule is CNC(CO)Cc1cn(CCC#N)c2ccccc12.COc1ccc(-c2cccc(C=O)c2)cc1F. The molecule has 0 radical (unpaired) electrons. The number of nitrogens with one attached hydrogen (secondary N) is 1. The number of likely N-dealkylation sites (N-methyl/N-ethyl adjacent to an activating group) is 1. The molecule has 186 valence electrons. The highest BCUT2D eigenvalue weighted by atomic mass is 19.1. The molecule has 0 amide bonds. The molecule has 0 saturated heterocycles. The number of ether oxygens (including phenoxy) is 1. The fraction of sp³-hybridized carbons (Fsp3) is 0.241. The maximum Gasteiger partial charge on any atom is 0.165 e. The lowest BCUT2D eigenvalue weighted by Crippen LogP contribution is -2.31. The van der Waals surface area contributed by atoms with Crippen molar-refractivity contribution in [1.82, 2.24) is 9.88 Å². The Hall–Kier alpha value is -3.99. The summed E-state index contributed by atoms with van der Waals surface area (Å²) in [5.74, 6) is -0.207. The summed E-state index contributed by atoms with van der Waals surface area (Å²) in [5.41, 5.74) is 4.45. The first-order chi connectivity index (χ1) is 17.5. The summed E-state index contributed by atoms with van der Waals surface area (Å²) in [4.78, 5) is 10.7. The van der Waals surface area contributed by atoms with E-state index in [4.69, 9.17) is 10.00 Å². The average Bonchev–Trinajstić information content (AvgIpc) is 3.28. The van der Waals surface area contributed by atoms with E-state index in [2.05, 4.69) is 34.3 Å². The predicted molar refractivity (Wildman–Crippen MR) is 140 cm³/mol. The molecule has 3 aromatic carbocycles. The second-order valence-electron chi connectivity index (χ2n) is 8.24. The molecule has 0 fully saturated rings. The lowest BCUT2D eigenvalue weighted by atomic mass is 10.0. The van der Waals surface area contributed by atoms with Crippen LogP contribution in [0.2, 0.25) is 0 Å². The maximum absolute atomic E-state index is 13.5. The molecular weight excluding hydrogens is 457 g/mol. The maximum atomic E-state index is 13.5. The van der Waals surface area contributed by atoms with Gasteiger partial charge in [-0.3, -0.25) is 4.79 Å². The number of benzene rings is 3. The number of rotatable bonds is 9. The van der Waals surface area contributed by atoms with Crippen LogP contribution in [0.4, 0.5) is 4.39 Å². The number of hydrogen-bond donors (Lipinski definition) is 2. The normalized spacial score (nSPS) is 11.3. The quantitative estimate of drug-likeness (QED) is 0.325. The van der Waals surface area contributed by atoms with Crippen LogP contribution in [-0.2, 0) is 13.0 Å². The standard InChI is InChI=1S/C15H19N3O.C14H11FO2/c1-17-13(11-19)9-12-10-18(8-4-7-16)15-6-3-2-5-14(12)15;1-17-14-6-5-12(8-13(14)15)11-4-2-3-10(7-11)9-16/h2-3,5-6,10,13,17,19H,4,8-9,11H2,1H3;2-9H,1H3. The van der Waals surface area contributed by atoms with E-state index < -0.39 is 5.82 Å². The summed E-state index contributed by atoms with van der Waals surface area (Å²) in [5, 5.41) is 22.3. The van der Waals surface area contributed by atoms with Gasteiger partial charge in [0, 0.05) is 35.2 Å². The van der Waals surface area contributed by atoms with E-state index in [-0.39, 0.29) is 18.4 Å². The van der Waals surface area contributed by atoms with E-state index in [0.717, 1.165) is 23.8 Å². The van der Waals surface area contributed by atoms with Crippen molar-refractivity contribution in [2.24, 2.45) is 0 Å². The number of fused-ring (bicyclic) bond motifs is 1. The molecule has 1 unspecified atom stereocenters. The minimum atomic E-state index is -0.415. The molecule has 4 aromatic rings. The van der Waals surface area contributed by atoms with Gasteiger partial charge in [0.15, 0.2) is 11.6 Å². The molecule has 0 aliphatic rings. The van der Waals surface area contributed by atoms with Crippen LogP contribution in [0.25, 0.3) is 22.0 Å². The largest absolute Gasteiger partial charge is 0.494 e. The third-order valence-electron chi connectivity index (χ3n) is 5.94. The molecule has 0 spiro atoms. The Morgan fingerprint density at radius 3 is 2.58 bits per heavy atom. The van der Waals surface area contributed by atoms with E-state index in [1.54, 1.807) is 30.3 Å². The number of nitrogens with zero attached hydrogens (tertiary/aromatic N) is 2. The van der Waals surface area contributed by atoms with Gasteiger partial charge in [0.05, 0.1) is 26.2 Å². The molecule has 1 atom stereocenters. The van der Waals surface area contributed by atoms with Gasteiger partial charge in [0.25, 0.3) is 0 Å². The highest BCUT2D eigenvalue weighted by molar-refractivity contribution is 5.84. The summed E-state index contributed by atoms with van der Waals surface area (Å²) in [6.45, 7) is 0.828. The number of halogens is 1. The van der Waals surface area contributed by atoms with Crippen LogP contribution in [0.3, 0.4) is 0 Å². The molecule has 1 heterocycles. The zero-order chi connectivity index (χ0) is 25.9. The molecule has 36 heavy (non-hydrogen) atoms. The summed E-state index contributed by atoms with van der Waals surface area (Å²) < 4.78 is 20.5. The molecular formula is C29H30FN3O3.